The molecule has 0 aliphatic carbocycles. The Morgan fingerprint density at radius 1 is 1.22 bits per heavy atom. The Balaban J connectivity index is 1.56. The van der Waals surface area contributed by atoms with Crippen LogP contribution >= 0.6 is 34.5 Å². The number of thiophene rings is 1. The van der Waals surface area contributed by atoms with Gasteiger partial charge in [0.05, 0.1) is 17.5 Å². The third-order valence-corrected chi connectivity index (χ3v) is 9.55. The number of rotatable bonds is 9. The molecule has 1 aliphatic heterocycles. The molecule has 0 spiro atoms. The van der Waals surface area contributed by atoms with Crippen LogP contribution in [0.4, 0.5) is 0 Å². The molecule has 0 fully saturated rings. The second-order valence-electron chi connectivity index (χ2n) is 8.41. The first-order chi connectivity index (χ1) is 17.2. The van der Waals surface area contributed by atoms with Crippen LogP contribution < -0.4 is 4.74 Å². The summed E-state index contributed by atoms with van der Waals surface area (Å²) in [7, 11) is -3.93. The Morgan fingerprint density at radius 3 is 2.67 bits per heavy atom. The van der Waals surface area contributed by atoms with Crippen molar-refractivity contribution in [2.45, 2.75) is 24.3 Å². The van der Waals surface area contributed by atoms with E-state index in [4.69, 9.17) is 27.9 Å². The van der Waals surface area contributed by atoms with Crippen LogP contribution in [0.25, 0.3) is 0 Å². The van der Waals surface area contributed by atoms with Gasteiger partial charge in [0.15, 0.2) is 0 Å². The number of carbonyl (C=O) groups excluding carboxylic acids is 1. The van der Waals surface area contributed by atoms with E-state index >= 15 is 0 Å². The van der Waals surface area contributed by atoms with Crippen LogP contribution in [-0.4, -0.2) is 49.8 Å². The minimum atomic E-state index is -3.93. The van der Waals surface area contributed by atoms with Crippen molar-refractivity contribution in [3.05, 3.63) is 92.6 Å². The number of benzene rings is 2. The van der Waals surface area contributed by atoms with Crippen molar-refractivity contribution in [3.8, 4) is 5.75 Å². The summed E-state index contributed by atoms with van der Waals surface area (Å²) in [5.41, 5.74) is 1.93. The molecule has 1 aromatic heterocycles. The lowest BCUT2D eigenvalue weighted by Crippen LogP contribution is -2.47. The predicted molar refractivity (Wildman–Crippen MR) is 145 cm³/mol. The average Bonchev–Trinajstić information content (AvgIpc) is 3.33. The van der Waals surface area contributed by atoms with Crippen LogP contribution in [0, 0.1) is 6.92 Å². The molecule has 0 saturated carbocycles. The van der Waals surface area contributed by atoms with Gasteiger partial charge in [-0.05, 0) is 78.4 Å². The molecule has 0 saturated heterocycles. The summed E-state index contributed by atoms with van der Waals surface area (Å²) in [5, 5.41) is 3.09. The molecule has 2 heterocycles. The number of sulfonamides is 1. The molecule has 1 atom stereocenters. The summed E-state index contributed by atoms with van der Waals surface area (Å²) in [4.78, 5) is 16.5. The maximum absolute atomic E-state index is 13.6. The minimum Gasteiger partial charge on any atom is -0.491 e. The smallest absolute Gasteiger partial charge is 0.243 e. The third-order valence-electron chi connectivity index (χ3n) is 6.05. The molecule has 6 nitrogen and oxygen atoms in total. The van der Waals surface area contributed by atoms with E-state index in [0.717, 1.165) is 15.4 Å². The fraction of sp³-hybridized carbons (Fsp3) is 0.269. The highest BCUT2D eigenvalue weighted by Gasteiger charge is 2.35. The van der Waals surface area contributed by atoms with Crippen molar-refractivity contribution >= 4 is 50.5 Å². The highest BCUT2D eigenvalue weighted by molar-refractivity contribution is 7.89. The summed E-state index contributed by atoms with van der Waals surface area (Å²) < 4.78 is 33.8. The first kappa shape index (κ1) is 26.7. The van der Waals surface area contributed by atoms with Gasteiger partial charge in [0.25, 0.3) is 0 Å². The minimum absolute atomic E-state index is 0.000537. The number of ether oxygens (including phenoxy) is 1. The zero-order valence-corrected chi connectivity index (χ0v) is 22.8. The van der Waals surface area contributed by atoms with Gasteiger partial charge < -0.3 is 9.64 Å². The van der Waals surface area contributed by atoms with Crippen LogP contribution in [0.1, 0.15) is 22.0 Å². The van der Waals surface area contributed by atoms with Crippen molar-refractivity contribution < 1.29 is 17.9 Å². The lowest BCUT2D eigenvalue weighted by Gasteiger charge is -2.37. The van der Waals surface area contributed by atoms with Crippen molar-refractivity contribution in [1.82, 2.24) is 9.21 Å². The van der Waals surface area contributed by atoms with E-state index in [1.807, 2.05) is 24.4 Å². The Morgan fingerprint density at radius 2 is 1.97 bits per heavy atom. The molecule has 190 valence electrons. The first-order valence-corrected chi connectivity index (χ1v) is 14.4. The van der Waals surface area contributed by atoms with E-state index in [1.54, 1.807) is 28.4 Å². The monoisotopic (exact) mass is 564 g/mol. The second-order valence-corrected chi connectivity index (χ2v) is 12.2. The average molecular weight is 566 g/mol. The van der Waals surface area contributed by atoms with Crippen molar-refractivity contribution in [2.75, 3.05) is 26.2 Å². The summed E-state index contributed by atoms with van der Waals surface area (Å²) in [6.07, 6.45) is 2.18. The highest BCUT2D eigenvalue weighted by atomic mass is 35.5. The van der Waals surface area contributed by atoms with Gasteiger partial charge in [-0.2, -0.15) is 4.31 Å². The Labute approximate surface area is 225 Å². The van der Waals surface area contributed by atoms with Gasteiger partial charge in [-0.25, -0.2) is 8.42 Å². The molecule has 1 amide bonds. The SMILES string of the molecule is C=CCN(CC(=O)N1CCc2sccc2[C@H]1COc1ccc(Cl)c(C)c1)S(=O)(=O)c1ccc(Cl)cc1. The lowest BCUT2D eigenvalue weighted by atomic mass is 10.0. The van der Waals surface area contributed by atoms with E-state index in [1.165, 1.54) is 35.2 Å². The van der Waals surface area contributed by atoms with Gasteiger partial charge in [-0.3, -0.25) is 4.79 Å². The van der Waals surface area contributed by atoms with Crippen LogP contribution in [0.15, 0.2) is 71.5 Å². The van der Waals surface area contributed by atoms with Crippen LogP contribution in [0.3, 0.4) is 0 Å². The zero-order chi connectivity index (χ0) is 25.9. The molecule has 0 radical (unpaired) electrons. The van der Waals surface area contributed by atoms with Crippen LogP contribution in [0.5, 0.6) is 5.75 Å². The Hall–Kier alpha value is -2.36. The maximum Gasteiger partial charge on any atom is 0.243 e. The molecule has 0 unspecified atom stereocenters. The van der Waals surface area contributed by atoms with E-state index in [-0.39, 0.29) is 36.5 Å². The largest absolute Gasteiger partial charge is 0.491 e. The van der Waals surface area contributed by atoms with Gasteiger partial charge >= 0.3 is 0 Å². The van der Waals surface area contributed by atoms with Crippen LogP contribution in [-0.2, 0) is 21.2 Å². The van der Waals surface area contributed by atoms with E-state index in [2.05, 4.69) is 6.58 Å². The number of nitrogens with zero attached hydrogens (tertiary/aromatic N) is 2. The summed E-state index contributed by atoms with van der Waals surface area (Å²) in [5.74, 6) is 0.359. The zero-order valence-electron chi connectivity index (χ0n) is 19.7. The highest BCUT2D eigenvalue weighted by Crippen LogP contribution is 2.34. The first-order valence-electron chi connectivity index (χ1n) is 11.3. The van der Waals surface area contributed by atoms with Crippen molar-refractivity contribution in [2.24, 2.45) is 0 Å². The maximum atomic E-state index is 13.6. The molecule has 4 rings (SSSR count). The number of hydrogen-bond acceptors (Lipinski definition) is 5. The van der Waals surface area contributed by atoms with Gasteiger partial charge in [0.1, 0.15) is 12.4 Å². The van der Waals surface area contributed by atoms with Crippen molar-refractivity contribution in [1.29, 1.82) is 0 Å². The summed E-state index contributed by atoms with van der Waals surface area (Å²) in [6.45, 7) is 5.98. The number of amides is 1. The summed E-state index contributed by atoms with van der Waals surface area (Å²) >= 11 is 13.7. The van der Waals surface area contributed by atoms with Gasteiger partial charge in [-0.1, -0.05) is 29.3 Å². The topological polar surface area (TPSA) is 66.9 Å². The molecule has 3 aromatic rings. The quantitative estimate of drug-likeness (QED) is 0.310. The summed E-state index contributed by atoms with van der Waals surface area (Å²) in [6, 6.07) is 13.0. The number of hydrogen-bond donors (Lipinski definition) is 0. The molecule has 10 heteroatoms. The fourth-order valence-electron chi connectivity index (χ4n) is 4.15. The van der Waals surface area contributed by atoms with E-state index < -0.39 is 10.0 Å². The molecule has 36 heavy (non-hydrogen) atoms. The van der Waals surface area contributed by atoms with E-state index in [9.17, 15) is 13.2 Å². The number of fused-ring (bicyclic) bond motifs is 1. The molecule has 0 N–H and O–H groups in total. The van der Waals surface area contributed by atoms with E-state index in [0.29, 0.717) is 28.8 Å². The third kappa shape index (κ3) is 5.79. The molecular weight excluding hydrogens is 539 g/mol. The van der Waals surface area contributed by atoms with Crippen LogP contribution in [0.2, 0.25) is 10.0 Å². The molecule has 0 bridgehead atoms. The van der Waals surface area contributed by atoms with Gasteiger partial charge in [0.2, 0.25) is 15.9 Å². The Kier molecular flexibility index (Phi) is 8.42. The lowest BCUT2D eigenvalue weighted by molar-refractivity contribution is -0.135. The number of carbonyl (C=O) groups is 1. The normalized spacial score (nSPS) is 15.6. The number of aryl methyl sites for hydroxylation is 1. The molecule has 1 aliphatic rings. The standard InChI is InChI=1S/C26H26Cl2N2O4S2/c1-3-12-29(36(32,33)21-7-4-19(27)5-8-21)16-26(31)30-13-10-25-22(11-14-35-25)24(30)17-34-20-6-9-23(28)18(2)15-20/h3-9,11,14-15,24H,1,10,12-13,16-17H2,2H3/t24-/m1/s1. The predicted octanol–water partition coefficient (Wildman–Crippen LogP) is 5.75. The second kappa shape index (κ2) is 11.4. The van der Waals surface area contributed by atoms with Gasteiger partial charge in [-0.15, -0.1) is 17.9 Å². The van der Waals surface area contributed by atoms with Crippen molar-refractivity contribution in [3.63, 3.8) is 0 Å². The fourth-order valence-corrected chi connectivity index (χ4v) is 6.68. The molecule has 2 aromatic carbocycles. The molecular formula is C26H26Cl2N2O4S2. The number of halogens is 2. The Bertz CT molecular complexity index is 1360. The van der Waals surface area contributed by atoms with Gasteiger partial charge in [0, 0.05) is 28.0 Å².